The lowest BCUT2D eigenvalue weighted by Crippen LogP contribution is -2.37. The van der Waals surface area contributed by atoms with E-state index in [0.29, 0.717) is 0 Å². The van der Waals surface area contributed by atoms with E-state index in [2.05, 4.69) is 27.1 Å². The molecule has 0 saturated carbocycles. The van der Waals surface area contributed by atoms with E-state index < -0.39 is 0 Å². The van der Waals surface area contributed by atoms with Crippen LogP contribution < -0.4 is 10.2 Å². The first kappa shape index (κ1) is 13.1. The summed E-state index contributed by atoms with van der Waals surface area (Å²) in [5.41, 5.74) is 1.01. The molecule has 2 rings (SSSR count). The first-order valence-electron chi connectivity index (χ1n) is 6.72. The average Bonchev–Trinajstić information content (AvgIpc) is 2.39. The molecule has 1 saturated heterocycles. The van der Waals surface area contributed by atoms with Crippen molar-refractivity contribution in [3.63, 3.8) is 0 Å². The van der Waals surface area contributed by atoms with E-state index in [1.807, 2.05) is 13.0 Å². The van der Waals surface area contributed by atoms with Gasteiger partial charge in [-0.1, -0.05) is 13.3 Å². The highest BCUT2D eigenvalue weighted by Crippen LogP contribution is 2.16. The molecule has 1 aliphatic rings. The molecule has 1 aromatic rings. The highest BCUT2D eigenvalue weighted by Gasteiger charge is 2.13. The lowest BCUT2D eigenvalue weighted by Gasteiger charge is -2.28. The van der Waals surface area contributed by atoms with Crippen molar-refractivity contribution in [2.75, 3.05) is 43.1 Å². The summed E-state index contributed by atoms with van der Waals surface area (Å²) in [6.45, 7) is 8.50. The molecule has 5 nitrogen and oxygen atoms in total. The number of rotatable bonds is 5. The van der Waals surface area contributed by atoms with Gasteiger partial charge in [0.25, 0.3) is 0 Å². The van der Waals surface area contributed by atoms with Crippen LogP contribution in [0.2, 0.25) is 0 Å². The van der Waals surface area contributed by atoms with E-state index in [1.165, 1.54) is 6.42 Å². The molecular weight excluding hydrogens is 228 g/mol. The van der Waals surface area contributed by atoms with Crippen molar-refractivity contribution in [2.45, 2.75) is 26.7 Å². The van der Waals surface area contributed by atoms with E-state index in [9.17, 15) is 0 Å². The zero-order valence-corrected chi connectivity index (χ0v) is 11.3. The second-order valence-corrected chi connectivity index (χ2v) is 4.57. The molecule has 0 radical (unpaired) electrons. The molecule has 1 aromatic heterocycles. The van der Waals surface area contributed by atoms with Crippen LogP contribution in [0.25, 0.3) is 0 Å². The SMILES string of the molecule is CCCCNc1nc(C)cc(N2CCOCC2)n1. The van der Waals surface area contributed by atoms with E-state index in [-0.39, 0.29) is 0 Å². The standard InChI is InChI=1S/C13H22N4O/c1-3-4-5-14-13-15-11(2)10-12(16-13)17-6-8-18-9-7-17/h10H,3-9H2,1-2H3,(H,14,15,16). The first-order valence-corrected chi connectivity index (χ1v) is 6.72. The fraction of sp³-hybridized carbons (Fsp3) is 0.692. The quantitative estimate of drug-likeness (QED) is 0.808. The number of hydrogen-bond acceptors (Lipinski definition) is 5. The predicted octanol–water partition coefficient (Wildman–Crippen LogP) is 1.83. The molecule has 0 spiro atoms. The number of hydrogen-bond donors (Lipinski definition) is 1. The van der Waals surface area contributed by atoms with Gasteiger partial charge in [0, 0.05) is 31.4 Å². The molecule has 0 amide bonds. The Hall–Kier alpha value is -1.36. The van der Waals surface area contributed by atoms with Gasteiger partial charge in [-0.05, 0) is 13.3 Å². The molecule has 1 N–H and O–H groups in total. The Morgan fingerprint density at radius 3 is 2.83 bits per heavy atom. The molecule has 0 atom stereocenters. The topological polar surface area (TPSA) is 50.3 Å². The van der Waals surface area contributed by atoms with Gasteiger partial charge < -0.3 is 15.0 Å². The number of aryl methyl sites for hydroxylation is 1. The van der Waals surface area contributed by atoms with Gasteiger partial charge in [-0.15, -0.1) is 0 Å². The van der Waals surface area contributed by atoms with Gasteiger partial charge >= 0.3 is 0 Å². The molecule has 1 fully saturated rings. The average molecular weight is 250 g/mol. The van der Waals surface area contributed by atoms with Crippen LogP contribution in [-0.2, 0) is 4.74 Å². The maximum absolute atomic E-state index is 5.36. The van der Waals surface area contributed by atoms with E-state index in [0.717, 1.165) is 56.7 Å². The van der Waals surface area contributed by atoms with Crippen LogP contribution in [0.1, 0.15) is 25.5 Å². The van der Waals surface area contributed by atoms with Crippen molar-refractivity contribution in [1.29, 1.82) is 0 Å². The molecule has 2 heterocycles. The third kappa shape index (κ3) is 3.57. The number of morpholine rings is 1. The van der Waals surface area contributed by atoms with E-state index in [1.54, 1.807) is 0 Å². The Balaban J connectivity index is 2.05. The van der Waals surface area contributed by atoms with Gasteiger partial charge in [0.2, 0.25) is 5.95 Å². The lowest BCUT2D eigenvalue weighted by molar-refractivity contribution is 0.122. The van der Waals surface area contributed by atoms with E-state index >= 15 is 0 Å². The second kappa shape index (κ2) is 6.54. The summed E-state index contributed by atoms with van der Waals surface area (Å²) < 4.78 is 5.36. The Morgan fingerprint density at radius 2 is 2.11 bits per heavy atom. The largest absolute Gasteiger partial charge is 0.378 e. The Bertz CT molecular complexity index is 377. The van der Waals surface area contributed by atoms with Gasteiger partial charge in [-0.3, -0.25) is 0 Å². The van der Waals surface area contributed by atoms with Crippen molar-refractivity contribution >= 4 is 11.8 Å². The minimum atomic E-state index is 0.741. The Labute approximate surface area is 109 Å². The van der Waals surface area contributed by atoms with Crippen LogP contribution in [0.15, 0.2) is 6.07 Å². The third-order valence-corrected chi connectivity index (χ3v) is 2.99. The number of nitrogens with zero attached hydrogens (tertiary/aromatic N) is 3. The summed E-state index contributed by atoms with van der Waals surface area (Å²) in [6.07, 6.45) is 2.32. The zero-order valence-electron chi connectivity index (χ0n) is 11.3. The number of nitrogens with one attached hydrogen (secondary N) is 1. The van der Waals surface area contributed by atoms with Crippen LogP contribution in [0.4, 0.5) is 11.8 Å². The van der Waals surface area contributed by atoms with Crippen molar-refractivity contribution < 1.29 is 4.74 Å². The van der Waals surface area contributed by atoms with Crippen LogP contribution in [0, 0.1) is 6.92 Å². The minimum Gasteiger partial charge on any atom is -0.378 e. The van der Waals surface area contributed by atoms with Crippen LogP contribution >= 0.6 is 0 Å². The second-order valence-electron chi connectivity index (χ2n) is 4.57. The van der Waals surface area contributed by atoms with Crippen molar-refractivity contribution in [3.05, 3.63) is 11.8 Å². The molecule has 5 heteroatoms. The third-order valence-electron chi connectivity index (χ3n) is 2.99. The lowest BCUT2D eigenvalue weighted by atomic mass is 10.3. The van der Waals surface area contributed by atoms with Crippen LogP contribution in [0.5, 0.6) is 0 Å². The highest BCUT2D eigenvalue weighted by atomic mass is 16.5. The smallest absolute Gasteiger partial charge is 0.224 e. The van der Waals surface area contributed by atoms with Crippen molar-refractivity contribution in [1.82, 2.24) is 9.97 Å². The molecule has 0 aromatic carbocycles. The van der Waals surface area contributed by atoms with Gasteiger partial charge in [0.1, 0.15) is 5.82 Å². The van der Waals surface area contributed by atoms with Crippen LogP contribution in [0.3, 0.4) is 0 Å². The number of anilines is 2. The Kier molecular flexibility index (Phi) is 4.75. The first-order chi connectivity index (χ1) is 8.79. The van der Waals surface area contributed by atoms with Crippen molar-refractivity contribution in [3.8, 4) is 0 Å². The number of unbranched alkanes of at least 4 members (excludes halogenated alkanes) is 1. The van der Waals surface area contributed by atoms with E-state index in [4.69, 9.17) is 4.74 Å². The summed E-state index contributed by atoms with van der Waals surface area (Å²) in [5, 5.41) is 3.29. The summed E-state index contributed by atoms with van der Waals surface area (Å²) in [5.74, 6) is 1.75. The normalized spacial score (nSPS) is 15.8. The molecule has 0 aliphatic carbocycles. The molecule has 0 unspecified atom stereocenters. The number of ether oxygens (including phenoxy) is 1. The monoisotopic (exact) mass is 250 g/mol. The van der Waals surface area contributed by atoms with Crippen molar-refractivity contribution in [2.24, 2.45) is 0 Å². The van der Waals surface area contributed by atoms with Crippen LogP contribution in [-0.4, -0.2) is 42.8 Å². The van der Waals surface area contributed by atoms with Gasteiger partial charge in [-0.2, -0.15) is 4.98 Å². The summed E-state index contributed by atoms with van der Waals surface area (Å²) in [7, 11) is 0. The van der Waals surface area contributed by atoms with Gasteiger partial charge in [0.15, 0.2) is 0 Å². The fourth-order valence-electron chi connectivity index (χ4n) is 1.96. The summed E-state index contributed by atoms with van der Waals surface area (Å²) in [6, 6.07) is 2.04. The maximum Gasteiger partial charge on any atom is 0.224 e. The minimum absolute atomic E-state index is 0.741. The molecule has 0 bridgehead atoms. The van der Waals surface area contributed by atoms with Gasteiger partial charge in [-0.25, -0.2) is 4.98 Å². The zero-order chi connectivity index (χ0) is 12.8. The van der Waals surface area contributed by atoms with Gasteiger partial charge in [0.05, 0.1) is 13.2 Å². The summed E-state index contributed by atoms with van der Waals surface area (Å²) in [4.78, 5) is 11.3. The molecule has 1 aliphatic heterocycles. The molecular formula is C13H22N4O. The summed E-state index contributed by atoms with van der Waals surface area (Å²) >= 11 is 0. The molecule has 100 valence electrons. The number of aromatic nitrogens is 2. The fourth-order valence-corrected chi connectivity index (χ4v) is 1.96. The molecule has 18 heavy (non-hydrogen) atoms. The predicted molar refractivity (Wildman–Crippen MR) is 73.2 cm³/mol. The Morgan fingerprint density at radius 1 is 1.33 bits per heavy atom. The highest BCUT2D eigenvalue weighted by molar-refractivity contribution is 5.45. The maximum atomic E-state index is 5.36.